The van der Waals surface area contributed by atoms with Gasteiger partial charge in [0, 0.05) is 18.7 Å². The van der Waals surface area contributed by atoms with Crippen molar-refractivity contribution in [1.82, 2.24) is 9.97 Å². The van der Waals surface area contributed by atoms with Crippen molar-refractivity contribution in [2.45, 2.75) is 12.8 Å². The molecule has 3 aromatic rings. The lowest BCUT2D eigenvalue weighted by molar-refractivity contribution is 0.939. The van der Waals surface area contributed by atoms with E-state index in [-0.39, 0.29) is 0 Å². The molecule has 0 amide bonds. The van der Waals surface area contributed by atoms with E-state index in [1.54, 1.807) is 0 Å². The maximum Gasteiger partial charge on any atom is 0.155 e. The third-order valence-electron chi connectivity index (χ3n) is 4.00. The van der Waals surface area contributed by atoms with Gasteiger partial charge in [-0.05, 0) is 25.0 Å². The number of fused-ring (bicyclic) bond motifs is 1. The van der Waals surface area contributed by atoms with Crippen molar-refractivity contribution in [1.29, 1.82) is 0 Å². The smallest absolute Gasteiger partial charge is 0.155 e. The van der Waals surface area contributed by atoms with Crippen LogP contribution in [0.15, 0.2) is 54.6 Å². The summed E-state index contributed by atoms with van der Waals surface area (Å²) < 4.78 is 0. The van der Waals surface area contributed by atoms with E-state index in [9.17, 15) is 0 Å². The first-order valence-electron chi connectivity index (χ1n) is 7.49. The second-order valence-electron chi connectivity index (χ2n) is 5.44. The van der Waals surface area contributed by atoms with Crippen molar-refractivity contribution in [3.05, 3.63) is 54.6 Å². The molecular weight excluding hydrogens is 258 g/mol. The molecule has 0 spiro atoms. The molecular formula is C18H17N3. The van der Waals surface area contributed by atoms with Crippen molar-refractivity contribution < 1.29 is 0 Å². The Kier molecular flexibility index (Phi) is 3.03. The van der Waals surface area contributed by atoms with Crippen molar-refractivity contribution in [2.75, 3.05) is 18.0 Å². The third-order valence-corrected chi connectivity index (χ3v) is 4.00. The van der Waals surface area contributed by atoms with Crippen LogP contribution in [0.4, 0.5) is 5.82 Å². The number of anilines is 1. The van der Waals surface area contributed by atoms with Crippen LogP contribution < -0.4 is 4.90 Å². The van der Waals surface area contributed by atoms with E-state index in [1.807, 2.05) is 30.3 Å². The van der Waals surface area contributed by atoms with Gasteiger partial charge in [-0.2, -0.15) is 0 Å². The number of nitrogens with zero attached hydrogens (tertiary/aromatic N) is 3. The van der Waals surface area contributed by atoms with Gasteiger partial charge in [-0.1, -0.05) is 42.5 Å². The molecule has 2 heterocycles. The van der Waals surface area contributed by atoms with Crippen LogP contribution in [-0.2, 0) is 0 Å². The van der Waals surface area contributed by atoms with Gasteiger partial charge >= 0.3 is 0 Å². The zero-order valence-electron chi connectivity index (χ0n) is 11.9. The lowest BCUT2D eigenvalue weighted by atomic mass is 10.1. The number of rotatable bonds is 2. The molecule has 0 aliphatic carbocycles. The first-order valence-corrected chi connectivity index (χ1v) is 7.49. The van der Waals surface area contributed by atoms with Gasteiger partial charge < -0.3 is 4.90 Å². The molecule has 0 saturated carbocycles. The predicted molar refractivity (Wildman–Crippen MR) is 86.4 cm³/mol. The minimum absolute atomic E-state index is 0.958. The van der Waals surface area contributed by atoms with Gasteiger partial charge in [0.15, 0.2) is 5.82 Å². The van der Waals surface area contributed by atoms with Crippen LogP contribution in [-0.4, -0.2) is 23.1 Å². The second-order valence-corrected chi connectivity index (χ2v) is 5.44. The van der Waals surface area contributed by atoms with Crippen LogP contribution in [0.1, 0.15) is 12.8 Å². The summed E-state index contributed by atoms with van der Waals surface area (Å²) in [6.45, 7) is 2.15. The average molecular weight is 275 g/mol. The summed E-state index contributed by atoms with van der Waals surface area (Å²) in [5.74, 6) is 1.03. The Morgan fingerprint density at radius 1 is 0.714 bits per heavy atom. The molecule has 104 valence electrons. The molecule has 4 rings (SSSR count). The summed E-state index contributed by atoms with van der Waals surface area (Å²) in [4.78, 5) is 12.1. The zero-order valence-corrected chi connectivity index (χ0v) is 11.9. The molecule has 0 radical (unpaired) electrons. The van der Waals surface area contributed by atoms with Crippen LogP contribution in [0.25, 0.3) is 22.3 Å². The summed E-state index contributed by atoms with van der Waals surface area (Å²) in [5.41, 5.74) is 4.06. The Bertz CT molecular complexity index is 762. The molecule has 3 nitrogen and oxygen atoms in total. The van der Waals surface area contributed by atoms with Crippen LogP contribution in [0, 0.1) is 0 Å². The zero-order chi connectivity index (χ0) is 14.1. The molecule has 0 bridgehead atoms. The molecule has 1 aromatic heterocycles. The molecule has 1 aliphatic rings. The van der Waals surface area contributed by atoms with E-state index in [0.717, 1.165) is 41.2 Å². The summed E-state index contributed by atoms with van der Waals surface area (Å²) >= 11 is 0. The van der Waals surface area contributed by atoms with Crippen LogP contribution in [0.5, 0.6) is 0 Å². The van der Waals surface area contributed by atoms with Gasteiger partial charge in [-0.25, -0.2) is 9.97 Å². The lowest BCUT2D eigenvalue weighted by Crippen LogP contribution is -2.20. The molecule has 21 heavy (non-hydrogen) atoms. The topological polar surface area (TPSA) is 29.0 Å². The number of hydrogen-bond donors (Lipinski definition) is 0. The molecule has 0 N–H and O–H groups in total. The van der Waals surface area contributed by atoms with Crippen molar-refractivity contribution in [2.24, 2.45) is 0 Å². The Morgan fingerprint density at radius 3 is 2.05 bits per heavy atom. The highest BCUT2D eigenvalue weighted by Gasteiger charge is 2.20. The molecule has 3 heteroatoms. The van der Waals surface area contributed by atoms with Gasteiger partial charge in [-0.3, -0.25) is 0 Å². The fourth-order valence-electron chi connectivity index (χ4n) is 2.93. The maximum atomic E-state index is 4.90. The summed E-state index contributed by atoms with van der Waals surface area (Å²) in [5, 5.41) is 0. The molecule has 0 unspecified atom stereocenters. The molecule has 0 atom stereocenters. The fraction of sp³-hybridized carbons (Fsp3) is 0.222. The Labute approximate surface area is 124 Å². The summed E-state index contributed by atoms with van der Waals surface area (Å²) in [6, 6.07) is 18.5. The van der Waals surface area contributed by atoms with Crippen LogP contribution in [0.2, 0.25) is 0 Å². The number of benzene rings is 2. The monoisotopic (exact) mass is 275 g/mol. The van der Waals surface area contributed by atoms with Crippen molar-refractivity contribution >= 4 is 16.9 Å². The minimum atomic E-state index is 0.958. The van der Waals surface area contributed by atoms with E-state index in [1.165, 1.54) is 12.8 Å². The summed E-state index contributed by atoms with van der Waals surface area (Å²) in [6.07, 6.45) is 2.48. The first-order chi connectivity index (χ1) is 10.4. The van der Waals surface area contributed by atoms with Crippen LogP contribution in [0.3, 0.4) is 0 Å². The Balaban J connectivity index is 1.95. The van der Waals surface area contributed by atoms with Crippen LogP contribution >= 0.6 is 0 Å². The first kappa shape index (κ1) is 12.3. The van der Waals surface area contributed by atoms with Gasteiger partial charge in [0.05, 0.1) is 11.0 Å². The number of para-hydroxylation sites is 2. The largest absolute Gasteiger partial charge is 0.355 e. The highest BCUT2D eigenvalue weighted by atomic mass is 15.2. The van der Waals surface area contributed by atoms with Crippen molar-refractivity contribution in [3.63, 3.8) is 0 Å². The fourth-order valence-corrected chi connectivity index (χ4v) is 2.93. The highest BCUT2D eigenvalue weighted by molar-refractivity contribution is 5.83. The number of aromatic nitrogens is 2. The van der Waals surface area contributed by atoms with E-state index in [4.69, 9.17) is 9.97 Å². The Hall–Kier alpha value is -2.42. The maximum absolute atomic E-state index is 4.90. The van der Waals surface area contributed by atoms with Gasteiger partial charge in [-0.15, -0.1) is 0 Å². The quantitative estimate of drug-likeness (QED) is 0.710. The molecule has 1 fully saturated rings. The normalized spacial score (nSPS) is 14.8. The second kappa shape index (κ2) is 5.17. The SMILES string of the molecule is c1ccc(-c2nc3ccccc3nc2N2CCCC2)cc1. The van der Waals surface area contributed by atoms with E-state index < -0.39 is 0 Å². The predicted octanol–water partition coefficient (Wildman–Crippen LogP) is 3.90. The number of hydrogen-bond acceptors (Lipinski definition) is 3. The molecule has 2 aromatic carbocycles. The molecule has 1 aliphatic heterocycles. The average Bonchev–Trinajstić information content (AvgIpc) is 3.09. The summed E-state index contributed by atoms with van der Waals surface area (Å²) in [7, 11) is 0. The standard InChI is InChI=1S/C18H17N3/c1-2-8-14(9-3-1)17-18(21-12-6-7-13-21)20-16-11-5-4-10-15(16)19-17/h1-5,8-11H,6-7,12-13H2. The van der Waals surface area contributed by atoms with Gasteiger partial charge in [0.2, 0.25) is 0 Å². The minimum Gasteiger partial charge on any atom is -0.355 e. The Morgan fingerprint density at radius 2 is 1.33 bits per heavy atom. The lowest BCUT2D eigenvalue weighted by Gasteiger charge is -2.20. The van der Waals surface area contributed by atoms with Crippen molar-refractivity contribution in [3.8, 4) is 11.3 Å². The third kappa shape index (κ3) is 2.25. The van der Waals surface area contributed by atoms with Gasteiger partial charge in [0.1, 0.15) is 5.69 Å². The van der Waals surface area contributed by atoms with E-state index >= 15 is 0 Å². The van der Waals surface area contributed by atoms with Gasteiger partial charge in [0.25, 0.3) is 0 Å². The molecule has 1 saturated heterocycles. The highest BCUT2D eigenvalue weighted by Crippen LogP contribution is 2.31. The van der Waals surface area contributed by atoms with E-state index in [2.05, 4.69) is 29.2 Å². The van der Waals surface area contributed by atoms with E-state index in [0.29, 0.717) is 0 Å².